The minimum atomic E-state index is 0.241. The van der Waals surface area contributed by atoms with Crippen molar-refractivity contribution >= 4 is 11.6 Å². The van der Waals surface area contributed by atoms with Crippen LogP contribution in [-0.2, 0) is 11.2 Å². The fraction of sp³-hybridized carbons (Fsp3) is 0.519. The number of rotatable bonds is 7. The van der Waals surface area contributed by atoms with Gasteiger partial charge in [-0.15, -0.1) is 0 Å². The van der Waals surface area contributed by atoms with E-state index in [0.29, 0.717) is 12.2 Å². The van der Waals surface area contributed by atoms with Crippen molar-refractivity contribution in [1.29, 1.82) is 0 Å². The Morgan fingerprint density at radius 2 is 1.75 bits per heavy atom. The van der Waals surface area contributed by atoms with Gasteiger partial charge >= 0.3 is 0 Å². The Hall–Kier alpha value is -2.53. The molecule has 1 saturated carbocycles. The SMILES string of the molecule is CCc1cc(N2CCCC2=O)ccc1OCCN1CCCC1.Oc1ccc(C2CC2)cc1. The number of benzene rings is 2. The quantitative estimate of drug-likeness (QED) is 0.655. The fourth-order valence-electron chi connectivity index (χ4n) is 4.53. The van der Waals surface area contributed by atoms with Crippen molar-refractivity contribution in [1.82, 2.24) is 4.90 Å². The van der Waals surface area contributed by atoms with E-state index in [1.807, 2.05) is 29.2 Å². The number of anilines is 1. The summed E-state index contributed by atoms with van der Waals surface area (Å²) >= 11 is 0. The second-order valence-electron chi connectivity index (χ2n) is 9.06. The molecule has 0 aromatic heterocycles. The van der Waals surface area contributed by atoms with E-state index in [1.165, 1.54) is 49.9 Å². The summed E-state index contributed by atoms with van der Waals surface area (Å²) in [5.74, 6) is 2.37. The third-order valence-corrected chi connectivity index (χ3v) is 6.62. The first-order valence-electron chi connectivity index (χ1n) is 12.2. The Labute approximate surface area is 192 Å². The number of phenolic OH excluding ortho intramolecular Hbond substituents is 1. The topological polar surface area (TPSA) is 53.0 Å². The van der Waals surface area contributed by atoms with Crippen molar-refractivity contribution < 1.29 is 14.6 Å². The smallest absolute Gasteiger partial charge is 0.227 e. The van der Waals surface area contributed by atoms with Gasteiger partial charge in [0, 0.05) is 25.2 Å². The second kappa shape index (κ2) is 10.9. The average molecular weight is 437 g/mol. The number of aryl methyl sites for hydroxylation is 1. The molecule has 2 aromatic rings. The molecule has 3 fully saturated rings. The third kappa shape index (κ3) is 6.04. The van der Waals surface area contributed by atoms with Crippen LogP contribution in [0.5, 0.6) is 11.5 Å². The Bertz CT molecular complexity index is 886. The van der Waals surface area contributed by atoms with Gasteiger partial charge in [-0.3, -0.25) is 9.69 Å². The minimum absolute atomic E-state index is 0.241. The number of aromatic hydroxyl groups is 1. The average Bonchev–Trinajstić information content (AvgIpc) is 3.36. The van der Waals surface area contributed by atoms with Gasteiger partial charge in [0.1, 0.15) is 18.1 Å². The Balaban J connectivity index is 0.000000203. The molecule has 0 spiro atoms. The number of ether oxygens (including phenoxy) is 1. The fourth-order valence-corrected chi connectivity index (χ4v) is 4.53. The summed E-state index contributed by atoms with van der Waals surface area (Å²) in [5.41, 5.74) is 3.59. The van der Waals surface area contributed by atoms with Crippen LogP contribution < -0.4 is 9.64 Å². The van der Waals surface area contributed by atoms with Gasteiger partial charge in [0.25, 0.3) is 0 Å². The van der Waals surface area contributed by atoms with Crippen LogP contribution in [0.1, 0.15) is 62.5 Å². The predicted molar refractivity (Wildman–Crippen MR) is 129 cm³/mol. The van der Waals surface area contributed by atoms with E-state index in [2.05, 4.69) is 17.9 Å². The first-order valence-corrected chi connectivity index (χ1v) is 12.2. The van der Waals surface area contributed by atoms with Crippen LogP contribution in [0.15, 0.2) is 42.5 Å². The highest BCUT2D eigenvalue weighted by Crippen LogP contribution is 2.40. The summed E-state index contributed by atoms with van der Waals surface area (Å²) in [5, 5.41) is 8.96. The molecule has 0 atom stereocenters. The van der Waals surface area contributed by atoms with Gasteiger partial charge in [-0.2, -0.15) is 0 Å². The van der Waals surface area contributed by atoms with E-state index in [0.717, 1.165) is 49.9 Å². The largest absolute Gasteiger partial charge is 0.508 e. The maximum Gasteiger partial charge on any atom is 0.227 e. The van der Waals surface area contributed by atoms with E-state index in [4.69, 9.17) is 9.84 Å². The van der Waals surface area contributed by atoms with E-state index in [1.54, 1.807) is 12.1 Å². The zero-order valence-electron chi connectivity index (χ0n) is 19.3. The molecule has 5 rings (SSSR count). The maximum absolute atomic E-state index is 11.9. The molecule has 0 radical (unpaired) electrons. The highest BCUT2D eigenvalue weighted by molar-refractivity contribution is 5.95. The molecule has 1 aliphatic carbocycles. The van der Waals surface area contributed by atoms with Gasteiger partial charge in [0.05, 0.1) is 0 Å². The van der Waals surface area contributed by atoms with E-state index < -0.39 is 0 Å². The van der Waals surface area contributed by atoms with Gasteiger partial charge in [0.2, 0.25) is 5.91 Å². The first-order chi connectivity index (χ1) is 15.6. The highest BCUT2D eigenvalue weighted by Gasteiger charge is 2.23. The molecular weight excluding hydrogens is 400 g/mol. The number of nitrogens with zero attached hydrogens (tertiary/aromatic N) is 2. The number of hydrogen-bond donors (Lipinski definition) is 1. The number of carbonyl (C=O) groups is 1. The van der Waals surface area contributed by atoms with Crippen molar-refractivity contribution in [2.75, 3.05) is 37.7 Å². The van der Waals surface area contributed by atoms with Gasteiger partial charge in [0.15, 0.2) is 0 Å². The molecule has 5 nitrogen and oxygen atoms in total. The molecule has 2 aromatic carbocycles. The Kier molecular flexibility index (Phi) is 7.69. The monoisotopic (exact) mass is 436 g/mol. The summed E-state index contributed by atoms with van der Waals surface area (Å²) in [6, 6.07) is 13.7. The van der Waals surface area contributed by atoms with E-state index in [9.17, 15) is 4.79 Å². The second-order valence-corrected chi connectivity index (χ2v) is 9.06. The molecule has 2 aliphatic heterocycles. The Morgan fingerprint density at radius 1 is 1.00 bits per heavy atom. The molecular formula is C27H36N2O3. The Morgan fingerprint density at radius 3 is 2.38 bits per heavy atom. The van der Waals surface area contributed by atoms with Gasteiger partial charge in [-0.05, 0) is 99.0 Å². The predicted octanol–water partition coefficient (Wildman–Crippen LogP) is 5.12. The molecule has 2 heterocycles. The number of hydrogen-bond acceptors (Lipinski definition) is 4. The van der Waals surface area contributed by atoms with Crippen LogP contribution in [0, 0.1) is 0 Å². The number of likely N-dealkylation sites (tertiary alicyclic amines) is 1. The van der Waals surface area contributed by atoms with Gasteiger partial charge < -0.3 is 14.7 Å². The van der Waals surface area contributed by atoms with Crippen LogP contribution in [0.3, 0.4) is 0 Å². The lowest BCUT2D eigenvalue weighted by Gasteiger charge is -2.19. The summed E-state index contributed by atoms with van der Waals surface area (Å²) in [6.45, 7) is 7.15. The van der Waals surface area contributed by atoms with Crippen molar-refractivity contribution in [2.24, 2.45) is 0 Å². The van der Waals surface area contributed by atoms with Crippen molar-refractivity contribution in [3.63, 3.8) is 0 Å². The number of phenols is 1. The molecule has 32 heavy (non-hydrogen) atoms. The summed E-state index contributed by atoms with van der Waals surface area (Å²) < 4.78 is 5.99. The van der Waals surface area contributed by atoms with E-state index >= 15 is 0 Å². The number of carbonyl (C=O) groups excluding carboxylic acids is 1. The van der Waals surface area contributed by atoms with Crippen LogP contribution in [0.25, 0.3) is 0 Å². The lowest BCUT2D eigenvalue weighted by Crippen LogP contribution is -2.25. The normalized spacial score (nSPS) is 18.5. The summed E-state index contributed by atoms with van der Waals surface area (Å²) in [6.07, 6.45) is 7.85. The first kappa shape index (κ1) is 22.7. The van der Waals surface area contributed by atoms with Gasteiger partial charge in [-0.25, -0.2) is 0 Å². The molecule has 2 saturated heterocycles. The van der Waals surface area contributed by atoms with Gasteiger partial charge in [-0.1, -0.05) is 19.1 Å². The molecule has 5 heteroatoms. The lowest BCUT2D eigenvalue weighted by molar-refractivity contribution is -0.117. The third-order valence-electron chi connectivity index (χ3n) is 6.62. The van der Waals surface area contributed by atoms with Crippen molar-refractivity contribution in [2.45, 2.75) is 57.8 Å². The van der Waals surface area contributed by atoms with Crippen LogP contribution in [-0.4, -0.2) is 48.7 Å². The molecule has 0 bridgehead atoms. The molecule has 1 amide bonds. The van der Waals surface area contributed by atoms with Crippen LogP contribution in [0.4, 0.5) is 5.69 Å². The standard InChI is InChI=1S/C18H26N2O2.C9H10O/c1-2-15-14-16(20-11-5-6-18(20)21)7-8-17(15)22-13-12-19-9-3-4-10-19;10-9-5-3-8(4-6-9)7-1-2-7/h7-8,14H,2-6,9-13H2,1H3;3-7,10H,1-2H2. The maximum atomic E-state index is 11.9. The van der Waals surface area contributed by atoms with Crippen LogP contribution in [0.2, 0.25) is 0 Å². The summed E-state index contributed by atoms with van der Waals surface area (Å²) in [7, 11) is 0. The van der Waals surface area contributed by atoms with Crippen molar-refractivity contribution in [3.05, 3.63) is 53.6 Å². The molecule has 3 aliphatic rings. The lowest BCUT2D eigenvalue weighted by atomic mass is 10.1. The summed E-state index contributed by atoms with van der Waals surface area (Å²) in [4.78, 5) is 16.2. The van der Waals surface area contributed by atoms with Crippen LogP contribution >= 0.6 is 0 Å². The molecule has 172 valence electrons. The van der Waals surface area contributed by atoms with E-state index in [-0.39, 0.29) is 5.91 Å². The zero-order valence-corrected chi connectivity index (χ0v) is 19.3. The van der Waals surface area contributed by atoms with Crippen molar-refractivity contribution in [3.8, 4) is 11.5 Å². The zero-order chi connectivity index (χ0) is 22.3. The highest BCUT2D eigenvalue weighted by atomic mass is 16.5. The molecule has 0 unspecified atom stereocenters. The number of amides is 1. The molecule has 1 N–H and O–H groups in total. The minimum Gasteiger partial charge on any atom is -0.508 e.